The van der Waals surface area contributed by atoms with Gasteiger partial charge in [-0.2, -0.15) is 0 Å². The van der Waals surface area contributed by atoms with E-state index in [-0.39, 0.29) is 5.02 Å². The summed E-state index contributed by atoms with van der Waals surface area (Å²) in [5, 5.41) is 4.20. The fraction of sp³-hybridized carbons (Fsp3) is 0.250. The lowest BCUT2D eigenvalue weighted by atomic mass is 10.1. The number of benzene rings is 2. The third kappa shape index (κ3) is 4.76. The SMILES string of the molecule is Fc1ccc(Nc2ncnc3ccc(-c4ccc(CCN5CCOCC5)s4)cc23)cc1Cl. The summed E-state index contributed by atoms with van der Waals surface area (Å²) < 4.78 is 18.9. The maximum atomic E-state index is 13.5. The van der Waals surface area contributed by atoms with Crippen molar-refractivity contribution in [1.29, 1.82) is 0 Å². The standard InChI is InChI=1S/C24H22ClFN4OS/c25-20-14-17(2-4-21(20)26)29-24-19-13-16(1-5-22(19)27-15-28-24)23-6-3-18(32-23)7-8-30-9-11-31-12-10-30/h1-6,13-15H,7-12H2,(H,27,28,29). The smallest absolute Gasteiger partial charge is 0.141 e. The molecule has 8 heteroatoms. The Morgan fingerprint density at radius 3 is 2.78 bits per heavy atom. The lowest BCUT2D eigenvalue weighted by Gasteiger charge is -2.26. The van der Waals surface area contributed by atoms with Crippen LogP contribution >= 0.6 is 22.9 Å². The van der Waals surface area contributed by atoms with Crippen LogP contribution in [0.3, 0.4) is 0 Å². The number of ether oxygens (including phenoxy) is 1. The largest absolute Gasteiger partial charge is 0.379 e. The molecule has 1 aliphatic heterocycles. The van der Waals surface area contributed by atoms with Gasteiger partial charge in [0.15, 0.2) is 0 Å². The fourth-order valence-corrected chi connectivity index (χ4v) is 4.95. The minimum Gasteiger partial charge on any atom is -0.379 e. The number of halogens is 2. The topological polar surface area (TPSA) is 50.3 Å². The Hall–Kier alpha value is -2.58. The van der Waals surface area contributed by atoms with E-state index < -0.39 is 5.82 Å². The van der Waals surface area contributed by atoms with Gasteiger partial charge in [-0.15, -0.1) is 11.3 Å². The van der Waals surface area contributed by atoms with Crippen molar-refractivity contribution >= 4 is 45.3 Å². The average Bonchev–Trinajstić information content (AvgIpc) is 3.30. The molecule has 2 aromatic heterocycles. The van der Waals surface area contributed by atoms with Crippen molar-refractivity contribution in [2.24, 2.45) is 0 Å². The quantitative estimate of drug-likeness (QED) is 0.389. The summed E-state index contributed by atoms with van der Waals surface area (Å²) in [6.45, 7) is 4.74. The van der Waals surface area contributed by atoms with Crippen LogP contribution in [-0.2, 0) is 11.2 Å². The van der Waals surface area contributed by atoms with Crippen molar-refractivity contribution in [2.45, 2.75) is 6.42 Å². The van der Waals surface area contributed by atoms with Crippen molar-refractivity contribution in [1.82, 2.24) is 14.9 Å². The van der Waals surface area contributed by atoms with Gasteiger partial charge in [0.1, 0.15) is 18.0 Å². The first-order valence-electron chi connectivity index (χ1n) is 10.5. The van der Waals surface area contributed by atoms with Crippen molar-refractivity contribution in [3.05, 3.63) is 70.6 Å². The van der Waals surface area contributed by atoms with E-state index in [1.54, 1.807) is 12.1 Å². The first-order chi connectivity index (χ1) is 15.7. The van der Waals surface area contributed by atoms with Crippen LogP contribution in [0, 0.1) is 5.82 Å². The van der Waals surface area contributed by atoms with E-state index in [1.165, 1.54) is 22.1 Å². The molecule has 164 valence electrons. The molecular weight excluding hydrogens is 447 g/mol. The molecule has 0 bridgehead atoms. The molecular formula is C24H22ClFN4OS. The van der Waals surface area contributed by atoms with Gasteiger partial charge < -0.3 is 10.1 Å². The maximum absolute atomic E-state index is 13.5. The van der Waals surface area contributed by atoms with E-state index in [0.29, 0.717) is 11.5 Å². The summed E-state index contributed by atoms with van der Waals surface area (Å²) in [5.41, 5.74) is 2.63. The number of rotatable bonds is 6. The number of hydrogen-bond donors (Lipinski definition) is 1. The number of aromatic nitrogens is 2. The number of nitrogens with zero attached hydrogens (tertiary/aromatic N) is 3. The lowest BCUT2D eigenvalue weighted by molar-refractivity contribution is 0.0385. The van der Waals surface area contributed by atoms with Crippen LogP contribution in [0.2, 0.25) is 5.02 Å². The highest BCUT2D eigenvalue weighted by atomic mass is 35.5. The van der Waals surface area contributed by atoms with Gasteiger partial charge in [0, 0.05) is 40.5 Å². The highest BCUT2D eigenvalue weighted by Crippen LogP contribution is 2.33. The Balaban J connectivity index is 1.37. The summed E-state index contributed by atoms with van der Waals surface area (Å²) in [6.07, 6.45) is 2.56. The highest BCUT2D eigenvalue weighted by Gasteiger charge is 2.12. The van der Waals surface area contributed by atoms with E-state index in [2.05, 4.69) is 44.5 Å². The molecule has 32 heavy (non-hydrogen) atoms. The normalized spacial score (nSPS) is 14.7. The number of fused-ring (bicyclic) bond motifs is 1. The van der Waals surface area contributed by atoms with Gasteiger partial charge in [0.25, 0.3) is 0 Å². The molecule has 0 spiro atoms. The van der Waals surface area contributed by atoms with Crippen molar-refractivity contribution in [2.75, 3.05) is 38.2 Å². The first-order valence-corrected chi connectivity index (χ1v) is 11.7. The minimum atomic E-state index is -0.450. The Kier molecular flexibility index (Phi) is 6.32. The summed E-state index contributed by atoms with van der Waals surface area (Å²) in [4.78, 5) is 13.8. The molecule has 0 saturated carbocycles. The molecule has 1 aliphatic rings. The summed E-state index contributed by atoms with van der Waals surface area (Å²) in [5.74, 6) is 0.206. The molecule has 4 aromatic rings. The molecule has 3 heterocycles. The summed E-state index contributed by atoms with van der Waals surface area (Å²) in [6, 6.07) is 15.1. The second-order valence-electron chi connectivity index (χ2n) is 7.68. The Bertz CT molecular complexity index is 1240. The van der Waals surface area contributed by atoms with Crippen LogP contribution in [0.4, 0.5) is 15.9 Å². The van der Waals surface area contributed by atoms with Crippen LogP contribution in [0.5, 0.6) is 0 Å². The number of morpholine rings is 1. The van der Waals surface area contributed by atoms with Crippen molar-refractivity contribution < 1.29 is 9.13 Å². The zero-order valence-electron chi connectivity index (χ0n) is 17.4. The second-order valence-corrected chi connectivity index (χ2v) is 9.25. The van der Waals surface area contributed by atoms with Crippen LogP contribution in [0.1, 0.15) is 4.88 Å². The molecule has 0 unspecified atom stereocenters. The molecule has 1 fully saturated rings. The van der Waals surface area contributed by atoms with Gasteiger partial charge in [0.2, 0.25) is 0 Å². The third-order valence-electron chi connectivity index (χ3n) is 5.54. The summed E-state index contributed by atoms with van der Waals surface area (Å²) >= 11 is 7.74. The van der Waals surface area contributed by atoms with E-state index in [0.717, 1.165) is 55.7 Å². The van der Waals surface area contributed by atoms with Gasteiger partial charge in [0.05, 0.1) is 23.8 Å². The molecule has 2 aromatic carbocycles. The third-order valence-corrected chi connectivity index (χ3v) is 7.03. The van der Waals surface area contributed by atoms with E-state index in [1.807, 2.05) is 17.4 Å². The van der Waals surface area contributed by atoms with Gasteiger partial charge in [-0.3, -0.25) is 4.90 Å². The van der Waals surface area contributed by atoms with Gasteiger partial charge in [-0.05, 0) is 54.4 Å². The number of nitrogens with one attached hydrogen (secondary N) is 1. The van der Waals surface area contributed by atoms with Crippen molar-refractivity contribution in [3.63, 3.8) is 0 Å². The second kappa shape index (κ2) is 9.50. The Morgan fingerprint density at radius 1 is 1.06 bits per heavy atom. The molecule has 0 radical (unpaired) electrons. The zero-order chi connectivity index (χ0) is 21.9. The number of hydrogen-bond acceptors (Lipinski definition) is 6. The Morgan fingerprint density at radius 2 is 1.94 bits per heavy atom. The van der Waals surface area contributed by atoms with Crippen molar-refractivity contribution in [3.8, 4) is 10.4 Å². The molecule has 1 N–H and O–H groups in total. The minimum absolute atomic E-state index is 0.0669. The van der Waals surface area contributed by atoms with E-state index in [4.69, 9.17) is 16.3 Å². The van der Waals surface area contributed by atoms with Gasteiger partial charge >= 0.3 is 0 Å². The molecule has 0 aliphatic carbocycles. The molecule has 0 amide bonds. The van der Waals surface area contributed by atoms with Crippen LogP contribution in [0.25, 0.3) is 21.3 Å². The zero-order valence-corrected chi connectivity index (χ0v) is 18.9. The van der Waals surface area contributed by atoms with E-state index >= 15 is 0 Å². The van der Waals surface area contributed by atoms with Gasteiger partial charge in [-0.25, -0.2) is 14.4 Å². The predicted octanol–water partition coefficient (Wildman–Crippen LogP) is 5.77. The van der Waals surface area contributed by atoms with Crippen LogP contribution < -0.4 is 5.32 Å². The van der Waals surface area contributed by atoms with Crippen LogP contribution in [-0.4, -0.2) is 47.7 Å². The predicted molar refractivity (Wildman–Crippen MR) is 129 cm³/mol. The lowest BCUT2D eigenvalue weighted by Crippen LogP contribution is -2.37. The number of anilines is 2. The Labute approximate surface area is 194 Å². The van der Waals surface area contributed by atoms with Crippen LogP contribution in [0.15, 0.2) is 54.9 Å². The van der Waals surface area contributed by atoms with E-state index in [9.17, 15) is 4.39 Å². The molecule has 0 atom stereocenters. The summed E-state index contributed by atoms with van der Waals surface area (Å²) in [7, 11) is 0. The molecule has 5 nitrogen and oxygen atoms in total. The van der Waals surface area contributed by atoms with Gasteiger partial charge in [-0.1, -0.05) is 17.7 Å². The number of thiophene rings is 1. The monoisotopic (exact) mass is 468 g/mol. The first kappa shape index (κ1) is 21.3. The average molecular weight is 469 g/mol. The molecule has 5 rings (SSSR count). The highest BCUT2D eigenvalue weighted by molar-refractivity contribution is 7.15. The fourth-order valence-electron chi connectivity index (χ4n) is 3.78. The maximum Gasteiger partial charge on any atom is 0.141 e. The molecule has 1 saturated heterocycles.